The van der Waals surface area contributed by atoms with Crippen LogP contribution in [0, 0.1) is 6.92 Å². The number of rotatable bonds is 5. The maximum Gasteiger partial charge on any atom is 0.168 e. The number of hydrogen-bond acceptors (Lipinski definition) is 5. The summed E-state index contributed by atoms with van der Waals surface area (Å²) < 4.78 is 60.4. The van der Waals surface area contributed by atoms with Gasteiger partial charge in [0.1, 0.15) is 11.6 Å². The highest BCUT2D eigenvalue weighted by Crippen LogP contribution is 2.24. The van der Waals surface area contributed by atoms with E-state index in [4.69, 9.17) is 9.60 Å². The van der Waals surface area contributed by atoms with Gasteiger partial charge in [0.15, 0.2) is 5.78 Å². The lowest BCUT2D eigenvalue weighted by atomic mass is 10.0. The Bertz CT molecular complexity index is 1450. The van der Waals surface area contributed by atoms with Gasteiger partial charge in [0.2, 0.25) is 0 Å². The Morgan fingerprint density at radius 3 is 2.75 bits per heavy atom. The Kier molecular flexibility index (Phi) is 2.93. The van der Waals surface area contributed by atoms with Gasteiger partial charge in [-0.15, -0.1) is 0 Å². The van der Waals surface area contributed by atoms with Crippen LogP contribution < -0.4 is 4.74 Å². The van der Waals surface area contributed by atoms with Crippen LogP contribution in [-0.2, 0) is 13.5 Å². The summed E-state index contributed by atoms with van der Waals surface area (Å²) >= 11 is 0. The van der Waals surface area contributed by atoms with E-state index in [9.17, 15) is 4.79 Å². The molecule has 4 aromatic rings. The first kappa shape index (κ1) is 11.3. The third-order valence-corrected chi connectivity index (χ3v) is 4.48. The lowest BCUT2D eigenvalue weighted by molar-refractivity contribution is 0.0991. The normalized spacial score (nSPS) is 15.0. The van der Waals surface area contributed by atoms with Crippen LogP contribution in [-0.4, -0.2) is 32.6 Å². The summed E-state index contributed by atoms with van der Waals surface area (Å²) in [6.45, 7) is 1.90. The first-order valence-corrected chi connectivity index (χ1v) is 8.45. The maximum atomic E-state index is 13.0. The monoisotopic (exact) mass is 379 g/mol. The number of carbonyl (C=O) groups is 1. The molecule has 6 heteroatoms. The number of fused-ring (bicyclic) bond motifs is 1. The molecule has 0 atom stereocenters. The highest BCUT2D eigenvalue weighted by Gasteiger charge is 2.11. The fourth-order valence-electron chi connectivity index (χ4n) is 2.85. The fourth-order valence-corrected chi connectivity index (χ4v) is 2.85. The van der Waals surface area contributed by atoms with Gasteiger partial charge in [0, 0.05) is 23.6 Å². The number of ether oxygens (including phenoxy) is 1. The molecule has 0 aliphatic carbocycles. The van der Waals surface area contributed by atoms with Crippen LogP contribution in [0.3, 0.4) is 0 Å². The standard InChI is InChI=1S/C22H20N4O2/c1-14-23-13-21(26(14)2)16-6-9-20-17(10-16)11-18(24-25-20)12-22(27)15-4-7-19(28-3)8-5-15/h4-11,13H,12H2,1-3H3/i3D3,4D,5D,7D,8D. The van der Waals surface area contributed by atoms with Gasteiger partial charge < -0.3 is 9.30 Å². The van der Waals surface area contributed by atoms with Crippen molar-refractivity contribution in [1.82, 2.24) is 19.7 Å². The van der Waals surface area contributed by atoms with E-state index in [1.165, 1.54) is 0 Å². The van der Waals surface area contributed by atoms with Crippen LogP contribution >= 0.6 is 0 Å². The van der Waals surface area contributed by atoms with Crippen LogP contribution in [0.5, 0.6) is 5.75 Å². The number of benzene rings is 2. The Balaban J connectivity index is 1.69. The topological polar surface area (TPSA) is 69.9 Å². The zero-order valence-electron chi connectivity index (χ0n) is 22.2. The van der Waals surface area contributed by atoms with Gasteiger partial charge >= 0.3 is 0 Å². The van der Waals surface area contributed by atoms with E-state index in [0.29, 0.717) is 5.52 Å². The average molecular weight is 379 g/mol. The molecule has 2 aromatic carbocycles. The van der Waals surface area contributed by atoms with Gasteiger partial charge in [-0.05, 0) is 49.3 Å². The van der Waals surface area contributed by atoms with E-state index in [-0.39, 0.29) is 12.1 Å². The molecule has 0 bridgehead atoms. The van der Waals surface area contributed by atoms with E-state index in [0.717, 1.165) is 22.5 Å². The Morgan fingerprint density at radius 1 is 1.21 bits per heavy atom. The van der Waals surface area contributed by atoms with Gasteiger partial charge in [-0.2, -0.15) is 10.2 Å². The largest absolute Gasteiger partial charge is 0.497 e. The lowest BCUT2D eigenvalue weighted by Gasteiger charge is -2.07. The molecule has 6 nitrogen and oxygen atoms in total. The van der Waals surface area contributed by atoms with Gasteiger partial charge in [0.25, 0.3) is 0 Å². The van der Waals surface area contributed by atoms with Crippen LogP contribution in [0.15, 0.2) is 54.6 Å². The molecule has 0 N–H and O–H groups in total. The summed E-state index contributed by atoms with van der Waals surface area (Å²) in [5.41, 5.74) is 2.22. The fraction of sp³-hybridized carbons (Fsp3) is 0.182. The summed E-state index contributed by atoms with van der Waals surface area (Å²) in [4.78, 5) is 17.3. The maximum absolute atomic E-state index is 13.0. The number of methoxy groups -OCH3 is 1. The van der Waals surface area contributed by atoms with Crippen molar-refractivity contribution in [3.05, 3.63) is 71.7 Å². The van der Waals surface area contributed by atoms with Crippen molar-refractivity contribution in [2.24, 2.45) is 7.05 Å². The smallest absolute Gasteiger partial charge is 0.168 e. The highest BCUT2D eigenvalue weighted by atomic mass is 16.5. The number of carbonyl (C=O) groups excluding carboxylic acids is 1. The van der Waals surface area contributed by atoms with Crippen molar-refractivity contribution >= 4 is 16.7 Å². The van der Waals surface area contributed by atoms with Crippen LogP contribution in [0.25, 0.3) is 22.2 Å². The number of imidazole rings is 1. The summed E-state index contributed by atoms with van der Waals surface area (Å²) in [6, 6.07) is 4.41. The van der Waals surface area contributed by atoms with E-state index < -0.39 is 48.3 Å². The molecule has 140 valence electrons. The molecule has 28 heavy (non-hydrogen) atoms. The van der Waals surface area contributed by atoms with E-state index in [1.54, 1.807) is 18.3 Å². The second kappa shape index (κ2) is 7.23. The number of Topliss-reactive ketones (excluding diaryl/α,β-unsaturated/α-hetero) is 1. The summed E-state index contributed by atoms with van der Waals surface area (Å²) in [5, 5.41) is 8.94. The van der Waals surface area contributed by atoms with E-state index in [1.807, 2.05) is 30.7 Å². The van der Waals surface area contributed by atoms with Gasteiger partial charge in [0.05, 0.1) is 46.2 Å². The van der Waals surface area contributed by atoms with Crippen LogP contribution in [0.4, 0.5) is 0 Å². The third-order valence-electron chi connectivity index (χ3n) is 4.48. The van der Waals surface area contributed by atoms with Crippen LogP contribution in [0.2, 0.25) is 0 Å². The van der Waals surface area contributed by atoms with Crippen molar-refractivity contribution in [3.8, 4) is 17.0 Å². The van der Waals surface area contributed by atoms with Crippen molar-refractivity contribution in [2.45, 2.75) is 13.3 Å². The second-order valence-electron chi connectivity index (χ2n) is 6.27. The van der Waals surface area contributed by atoms with Gasteiger partial charge in [-0.25, -0.2) is 4.98 Å². The first-order valence-electron chi connectivity index (χ1n) is 11.9. The minimum Gasteiger partial charge on any atom is -0.497 e. The van der Waals surface area contributed by atoms with Crippen molar-refractivity contribution in [1.29, 1.82) is 0 Å². The summed E-state index contributed by atoms with van der Waals surface area (Å²) in [6.07, 6.45) is 1.44. The van der Waals surface area contributed by atoms with E-state index >= 15 is 0 Å². The second-order valence-corrected chi connectivity index (χ2v) is 6.27. The number of ketones is 1. The van der Waals surface area contributed by atoms with Crippen molar-refractivity contribution in [3.63, 3.8) is 0 Å². The summed E-state index contributed by atoms with van der Waals surface area (Å²) in [7, 11) is -1.06. The molecule has 0 amide bonds. The predicted octanol–water partition coefficient (Wildman–Crippen LogP) is 3.77. The SMILES string of the molecule is [2H]c1c([2H])c(C(=O)Cc2cc3cc(-c4cnc(C)n4C)ccc3nn2)c([2H])c([2H])c1OC([2H])([2H])[2H]. The molecule has 0 saturated heterocycles. The molecular weight excluding hydrogens is 352 g/mol. The van der Waals surface area contributed by atoms with Gasteiger partial charge in [-0.3, -0.25) is 4.79 Å². The Labute approximate surface area is 172 Å². The number of nitrogens with zero attached hydrogens (tertiary/aromatic N) is 4. The number of aryl methyl sites for hydroxylation is 1. The van der Waals surface area contributed by atoms with Gasteiger partial charge in [-0.1, -0.05) is 6.07 Å². The number of aromatic nitrogens is 4. The average Bonchev–Trinajstić information content (AvgIpc) is 3.12. The predicted molar refractivity (Wildman–Crippen MR) is 108 cm³/mol. The molecule has 2 heterocycles. The minimum atomic E-state index is -2.97. The van der Waals surface area contributed by atoms with Crippen LogP contribution in [0.1, 0.15) is 31.5 Å². The Hall–Kier alpha value is -3.54. The molecule has 4 rings (SSSR count). The Morgan fingerprint density at radius 2 is 2.04 bits per heavy atom. The molecule has 0 aliphatic heterocycles. The molecule has 2 aromatic heterocycles. The zero-order chi connectivity index (χ0) is 25.7. The molecule has 0 saturated carbocycles. The quantitative estimate of drug-likeness (QED) is 0.494. The molecular formula is C22H20N4O2. The molecule has 0 aliphatic rings. The van der Waals surface area contributed by atoms with E-state index in [2.05, 4.69) is 19.9 Å². The number of hydrogen-bond donors (Lipinski definition) is 0. The highest BCUT2D eigenvalue weighted by molar-refractivity contribution is 5.97. The zero-order valence-corrected chi connectivity index (χ0v) is 15.2. The summed E-state index contributed by atoms with van der Waals surface area (Å²) in [5.74, 6) is -0.594. The first-order chi connectivity index (χ1) is 16.4. The molecule has 0 unspecified atom stereocenters. The molecule has 0 spiro atoms. The molecule has 0 radical (unpaired) electrons. The van der Waals surface area contributed by atoms with Crippen molar-refractivity contribution in [2.75, 3.05) is 7.04 Å². The third kappa shape index (κ3) is 3.36. The lowest BCUT2D eigenvalue weighted by Crippen LogP contribution is -2.06. The van der Waals surface area contributed by atoms with Crippen molar-refractivity contribution < 1.29 is 19.1 Å². The minimum absolute atomic E-state index is 0.278. The molecule has 0 fully saturated rings.